The van der Waals surface area contributed by atoms with Crippen LogP contribution in [0.5, 0.6) is 0 Å². The number of benzene rings is 2. The molecule has 2 aromatic carbocycles. The Kier molecular flexibility index (Phi) is 8.00. The second-order valence-electron chi connectivity index (χ2n) is 5.69. The molecule has 2 aromatic rings. The van der Waals surface area contributed by atoms with Gasteiger partial charge in [-0.05, 0) is 29.7 Å². The number of nitrogens with one attached hydrogen (secondary N) is 1. The van der Waals surface area contributed by atoms with Crippen molar-refractivity contribution in [2.75, 3.05) is 19.0 Å². The van der Waals surface area contributed by atoms with E-state index in [1.165, 1.54) is 29.7 Å². The zero-order valence-corrected chi connectivity index (χ0v) is 14.6. The van der Waals surface area contributed by atoms with Gasteiger partial charge in [0.1, 0.15) is 0 Å². The first-order valence-electron chi connectivity index (χ1n) is 7.75. The van der Waals surface area contributed by atoms with Crippen LogP contribution < -0.4 is 10.2 Å². The van der Waals surface area contributed by atoms with Crippen LogP contribution in [0.3, 0.4) is 0 Å². The Hall–Kier alpha value is -1.51. The van der Waals surface area contributed by atoms with Crippen LogP contribution in [-0.4, -0.2) is 14.1 Å². The summed E-state index contributed by atoms with van der Waals surface area (Å²) in [6, 6.07) is 19.9. The minimum absolute atomic E-state index is 0. The Morgan fingerprint density at radius 2 is 1.59 bits per heavy atom. The predicted octanol–water partition coefficient (Wildman–Crippen LogP) is 4.81. The maximum atomic E-state index is 3.69. The third kappa shape index (κ3) is 5.36. The van der Waals surface area contributed by atoms with Crippen molar-refractivity contribution >= 4 is 18.1 Å². The molecular weight excluding hydrogens is 292 g/mol. The Morgan fingerprint density at radius 3 is 2.14 bits per heavy atom. The molecule has 0 amide bonds. The quantitative estimate of drug-likeness (QED) is 0.788. The van der Waals surface area contributed by atoms with E-state index in [4.69, 9.17) is 0 Å². The van der Waals surface area contributed by atoms with Gasteiger partial charge in [0, 0.05) is 32.4 Å². The van der Waals surface area contributed by atoms with Crippen molar-refractivity contribution in [1.82, 2.24) is 5.32 Å². The zero-order valence-electron chi connectivity index (χ0n) is 13.8. The summed E-state index contributed by atoms with van der Waals surface area (Å²) >= 11 is 0. The summed E-state index contributed by atoms with van der Waals surface area (Å²) in [5, 5.41) is 3.69. The van der Waals surface area contributed by atoms with Gasteiger partial charge in [0.05, 0.1) is 0 Å². The van der Waals surface area contributed by atoms with Crippen LogP contribution in [0.2, 0.25) is 0 Å². The number of halogens is 1. The van der Waals surface area contributed by atoms with Crippen molar-refractivity contribution in [3.8, 4) is 0 Å². The van der Waals surface area contributed by atoms with Gasteiger partial charge in [-0.15, -0.1) is 12.4 Å². The Morgan fingerprint density at radius 1 is 0.955 bits per heavy atom. The first kappa shape index (κ1) is 18.5. The van der Waals surface area contributed by atoms with Crippen LogP contribution in [-0.2, 0) is 6.54 Å². The van der Waals surface area contributed by atoms with Gasteiger partial charge in [0.2, 0.25) is 0 Å². The number of hydrogen-bond donors (Lipinski definition) is 1. The van der Waals surface area contributed by atoms with Crippen LogP contribution in [0, 0.1) is 0 Å². The summed E-state index contributed by atoms with van der Waals surface area (Å²) in [4.78, 5) is 2.13. The fourth-order valence-electron chi connectivity index (χ4n) is 2.51. The lowest BCUT2D eigenvalue weighted by Gasteiger charge is -2.19. The van der Waals surface area contributed by atoms with E-state index in [1.54, 1.807) is 0 Å². The lowest BCUT2D eigenvalue weighted by Crippen LogP contribution is -2.20. The van der Waals surface area contributed by atoms with Crippen LogP contribution in [0.15, 0.2) is 54.6 Å². The molecule has 120 valence electrons. The lowest BCUT2D eigenvalue weighted by atomic mass is 10.0. The van der Waals surface area contributed by atoms with E-state index >= 15 is 0 Å². The van der Waals surface area contributed by atoms with Crippen molar-refractivity contribution in [2.24, 2.45) is 0 Å². The predicted molar refractivity (Wildman–Crippen MR) is 98.9 cm³/mol. The van der Waals surface area contributed by atoms with Crippen LogP contribution >= 0.6 is 12.4 Å². The van der Waals surface area contributed by atoms with E-state index in [-0.39, 0.29) is 12.4 Å². The molecule has 22 heavy (non-hydrogen) atoms. The Labute approximate surface area is 141 Å². The SMILES string of the molecule is CCCC(NCc1ccc(N(C)C)cc1)c1ccccc1.Cl. The molecule has 1 N–H and O–H groups in total. The molecule has 1 unspecified atom stereocenters. The standard InChI is InChI=1S/C19H26N2.ClH/c1-4-8-19(17-9-6-5-7-10-17)20-15-16-11-13-18(14-12-16)21(2)3;/h5-7,9-14,19-20H,4,8,15H2,1-3H3;1H. The molecule has 0 spiro atoms. The second-order valence-corrected chi connectivity index (χ2v) is 5.69. The smallest absolute Gasteiger partial charge is 0.0361 e. The molecule has 0 saturated heterocycles. The third-order valence-electron chi connectivity index (χ3n) is 3.78. The minimum Gasteiger partial charge on any atom is -0.378 e. The van der Waals surface area contributed by atoms with E-state index in [0.717, 1.165) is 6.54 Å². The molecule has 0 heterocycles. The second kappa shape index (κ2) is 9.50. The summed E-state index contributed by atoms with van der Waals surface area (Å²) in [5.74, 6) is 0. The molecule has 0 aliphatic rings. The Bertz CT molecular complexity index is 523. The van der Waals surface area contributed by atoms with Crippen molar-refractivity contribution in [3.63, 3.8) is 0 Å². The highest BCUT2D eigenvalue weighted by Gasteiger charge is 2.09. The van der Waals surface area contributed by atoms with Crippen molar-refractivity contribution in [2.45, 2.75) is 32.4 Å². The largest absolute Gasteiger partial charge is 0.378 e. The van der Waals surface area contributed by atoms with Gasteiger partial charge >= 0.3 is 0 Å². The maximum Gasteiger partial charge on any atom is 0.0361 e. The monoisotopic (exact) mass is 318 g/mol. The highest BCUT2D eigenvalue weighted by Crippen LogP contribution is 2.19. The third-order valence-corrected chi connectivity index (χ3v) is 3.78. The van der Waals surface area contributed by atoms with Crippen molar-refractivity contribution in [1.29, 1.82) is 0 Å². The molecule has 0 radical (unpaired) electrons. The van der Waals surface area contributed by atoms with Crippen molar-refractivity contribution < 1.29 is 0 Å². The number of rotatable bonds is 7. The molecule has 0 aliphatic carbocycles. The number of hydrogen-bond acceptors (Lipinski definition) is 2. The van der Waals surface area contributed by atoms with E-state index in [9.17, 15) is 0 Å². The fourth-order valence-corrected chi connectivity index (χ4v) is 2.51. The van der Waals surface area contributed by atoms with E-state index in [2.05, 4.69) is 85.8 Å². The van der Waals surface area contributed by atoms with Gasteiger partial charge < -0.3 is 10.2 Å². The molecular formula is C19H27ClN2. The first-order chi connectivity index (χ1) is 10.2. The first-order valence-corrected chi connectivity index (χ1v) is 7.75. The van der Waals surface area contributed by atoms with Gasteiger partial charge in [-0.25, -0.2) is 0 Å². The highest BCUT2D eigenvalue weighted by molar-refractivity contribution is 5.85. The van der Waals surface area contributed by atoms with Gasteiger partial charge in [0.15, 0.2) is 0 Å². The molecule has 2 rings (SSSR count). The molecule has 0 aromatic heterocycles. The topological polar surface area (TPSA) is 15.3 Å². The van der Waals surface area contributed by atoms with Gasteiger partial charge in [0.25, 0.3) is 0 Å². The highest BCUT2D eigenvalue weighted by atomic mass is 35.5. The summed E-state index contributed by atoms with van der Waals surface area (Å²) < 4.78 is 0. The van der Waals surface area contributed by atoms with Crippen LogP contribution in [0.1, 0.15) is 36.9 Å². The maximum absolute atomic E-state index is 3.69. The van der Waals surface area contributed by atoms with E-state index < -0.39 is 0 Å². The molecule has 0 bridgehead atoms. The summed E-state index contributed by atoms with van der Waals surface area (Å²) in [6.45, 7) is 3.15. The zero-order chi connectivity index (χ0) is 15.1. The molecule has 0 saturated carbocycles. The summed E-state index contributed by atoms with van der Waals surface area (Å²) in [6.07, 6.45) is 2.35. The van der Waals surface area contributed by atoms with Gasteiger partial charge in [-0.1, -0.05) is 55.8 Å². The van der Waals surface area contributed by atoms with Gasteiger partial charge in [-0.3, -0.25) is 0 Å². The molecule has 3 heteroatoms. The van der Waals surface area contributed by atoms with E-state index in [0.29, 0.717) is 6.04 Å². The fraction of sp³-hybridized carbons (Fsp3) is 0.368. The van der Waals surface area contributed by atoms with Crippen molar-refractivity contribution in [3.05, 3.63) is 65.7 Å². The average Bonchev–Trinajstić information content (AvgIpc) is 2.52. The molecule has 0 fully saturated rings. The average molecular weight is 319 g/mol. The minimum atomic E-state index is 0. The molecule has 1 atom stereocenters. The molecule has 2 nitrogen and oxygen atoms in total. The lowest BCUT2D eigenvalue weighted by molar-refractivity contribution is 0.493. The Balaban J connectivity index is 0.00000242. The number of anilines is 1. The number of nitrogens with zero attached hydrogens (tertiary/aromatic N) is 1. The molecule has 0 aliphatic heterocycles. The normalized spacial score (nSPS) is 11.6. The summed E-state index contributed by atoms with van der Waals surface area (Å²) in [5.41, 5.74) is 3.95. The van der Waals surface area contributed by atoms with Crippen LogP contribution in [0.4, 0.5) is 5.69 Å². The van der Waals surface area contributed by atoms with Gasteiger partial charge in [-0.2, -0.15) is 0 Å². The summed E-state index contributed by atoms with van der Waals surface area (Å²) in [7, 11) is 4.14. The van der Waals surface area contributed by atoms with E-state index in [1.807, 2.05) is 0 Å². The van der Waals surface area contributed by atoms with Crippen LogP contribution in [0.25, 0.3) is 0 Å².